The Bertz CT molecular complexity index is 1310. The van der Waals surface area contributed by atoms with Crippen LogP contribution < -0.4 is 16.0 Å². The third-order valence-corrected chi connectivity index (χ3v) is 11.0. The van der Waals surface area contributed by atoms with Gasteiger partial charge in [-0.1, -0.05) is 80.6 Å². The number of hydrogen-bond acceptors (Lipinski definition) is 8. The largest absolute Gasteiger partial charge is 0.390 e. The molecule has 0 spiro atoms. The van der Waals surface area contributed by atoms with Crippen molar-refractivity contribution in [3.05, 3.63) is 0 Å². The van der Waals surface area contributed by atoms with Crippen molar-refractivity contribution in [3.8, 4) is 0 Å². The van der Waals surface area contributed by atoms with Crippen molar-refractivity contribution < 1.29 is 38.7 Å². The molecule has 9 atom stereocenters. The molecule has 15 nitrogen and oxygen atoms in total. The lowest BCUT2D eigenvalue weighted by atomic mass is 9.94. The summed E-state index contributed by atoms with van der Waals surface area (Å²) in [4.78, 5) is 103. The molecule has 0 bridgehead atoms. The maximum atomic E-state index is 14.1. The van der Waals surface area contributed by atoms with Crippen LogP contribution in [0.15, 0.2) is 0 Å². The Morgan fingerprint density at radius 2 is 1.09 bits per heavy atom. The zero-order valence-electron chi connectivity index (χ0n) is 35.4. The molecule has 1 rings (SSSR count). The van der Waals surface area contributed by atoms with E-state index in [2.05, 4.69) is 22.9 Å². The van der Waals surface area contributed by atoms with Crippen LogP contribution in [-0.4, -0.2) is 143 Å². The van der Waals surface area contributed by atoms with E-state index < -0.39 is 102 Å². The molecular formula is C39H71N7O8. The number of aliphatic hydroxyl groups excluding tert-OH is 1. The topological polar surface area (TPSA) is 189 Å². The molecule has 54 heavy (non-hydrogen) atoms. The van der Waals surface area contributed by atoms with Gasteiger partial charge < -0.3 is 40.7 Å². The van der Waals surface area contributed by atoms with Gasteiger partial charge in [0.25, 0.3) is 0 Å². The third kappa shape index (κ3) is 12.7. The average Bonchev–Trinajstić information content (AvgIpc) is 3.13. The van der Waals surface area contributed by atoms with Gasteiger partial charge in [0.05, 0.1) is 6.10 Å². The van der Waals surface area contributed by atoms with Gasteiger partial charge in [0.15, 0.2) is 0 Å². The second-order valence-electron chi connectivity index (χ2n) is 16.0. The van der Waals surface area contributed by atoms with Crippen LogP contribution in [0.5, 0.6) is 0 Å². The van der Waals surface area contributed by atoms with Crippen LogP contribution >= 0.6 is 0 Å². The molecule has 7 amide bonds. The van der Waals surface area contributed by atoms with Gasteiger partial charge in [-0.15, -0.1) is 0 Å². The van der Waals surface area contributed by atoms with Gasteiger partial charge in [-0.05, 0) is 51.4 Å². The summed E-state index contributed by atoms with van der Waals surface area (Å²) in [6.45, 7) is 17.4. The molecule has 0 aliphatic carbocycles. The normalized spacial score (nSPS) is 27.9. The standard InChI is InChI=1S/C39H71N7O8/c1-15-17-18-19-20-29-34(49)40-28(21-22(3)4)38(53)44(12)26(9)36(51)43(11)25(8)33(48)42-31(32(47)23(5)6)35(50)41-30(24(7)16-2)39(54)45(13)27(10)37(52)46(29)14/h22-32,47H,15-21H2,1-14H3,(H,40,49)(H,41,50)(H,42,48)/t24-,25+,26-,27-,28-,29-,30+,31+,32+/m0/s1. The minimum atomic E-state index is -1.49. The van der Waals surface area contributed by atoms with Crippen LogP contribution in [0.1, 0.15) is 114 Å². The Hall–Kier alpha value is -3.75. The minimum Gasteiger partial charge on any atom is -0.390 e. The highest BCUT2D eigenvalue weighted by Gasteiger charge is 2.41. The van der Waals surface area contributed by atoms with Crippen molar-refractivity contribution in [1.82, 2.24) is 35.6 Å². The van der Waals surface area contributed by atoms with Crippen molar-refractivity contribution >= 4 is 41.4 Å². The summed E-state index contributed by atoms with van der Waals surface area (Å²) >= 11 is 0. The van der Waals surface area contributed by atoms with Gasteiger partial charge in [-0.2, -0.15) is 0 Å². The van der Waals surface area contributed by atoms with Crippen molar-refractivity contribution in [2.24, 2.45) is 17.8 Å². The van der Waals surface area contributed by atoms with E-state index in [4.69, 9.17) is 0 Å². The van der Waals surface area contributed by atoms with Crippen LogP contribution in [0.2, 0.25) is 0 Å². The molecule has 0 saturated carbocycles. The molecule has 0 unspecified atom stereocenters. The lowest BCUT2D eigenvalue weighted by molar-refractivity contribution is -0.150. The first-order valence-corrected chi connectivity index (χ1v) is 19.7. The number of rotatable bonds is 11. The van der Waals surface area contributed by atoms with E-state index in [-0.39, 0.29) is 12.3 Å². The fraction of sp³-hybridized carbons (Fsp3) is 0.821. The first kappa shape index (κ1) is 48.3. The molecular weight excluding hydrogens is 694 g/mol. The van der Waals surface area contributed by atoms with Gasteiger partial charge in [0.1, 0.15) is 42.3 Å². The quantitative estimate of drug-likeness (QED) is 0.230. The molecule has 0 radical (unpaired) electrons. The summed E-state index contributed by atoms with van der Waals surface area (Å²) in [6, 6.07) is -7.84. The number of nitrogens with one attached hydrogen (secondary N) is 3. The first-order chi connectivity index (χ1) is 25.0. The average molecular weight is 766 g/mol. The van der Waals surface area contributed by atoms with Crippen molar-refractivity contribution in [3.63, 3.8) is 0 Å². The molecule has 0 aromatic rings. The van der Waals surface area contributed by atoms with Gasteiger partial charge >= 0.3 is 0 Å². The Labute approximate surface area is 323 Å². The Balaban J connectivity index is 3.91. The second-order valence-corrected chi connectivity index (χ2v) is 16.0. The minimum absolute atomic E-state index is 0.0227. The number of carbonyl (C=O) groups is 7. The number of amides is 7. The number of unbranched alkanes of at least 4 members (excludes halogenated alkanes) is 3. The van der Waals surface area contributed by atoms with Crippen LogP contribution in [0.4, 0.5) is 0 Å². The smallest absolute Gasteiger partial charge is 0.245 e. The molecule has 4 N–H and O–H groups in total. The maximum Gasteiger partial charge on any atom is 0.245 e. The molecule has 0 aromatic carbocycles. The number of aliphatic hydroxyl groups is 1. The summed E-state index contributed by atoms with van der Waals surface area (Å²) in [5.74, 6) is -5.15. The van der Waals surface area contributed by atoms with Crippen LogP contribution in [0.25, 0.3) is 0 Å². The second kappa shape index (κ2) is 22.0. The van der Waals surface area contributed by atoms with Crippen LogP contribution in [0.3, 0.4) is 0 Å². The first-order valence-electron chi connectivity index (χ1n) is 19.7. The SMILES string of the molecule is CCCCCC[C@H]1C(=O)N[C@@H](CC(C)C)C(=O)N(C)[C@@H](C)C(=O)N(C)[C@H](C)C(=O)N[C@H]([C@H](O)C(C)C)C(=O)N[C@H]([C@@H](C)CC)C(=O)N(C)[C@@H](C)C(=O)N1C. The maximum absolute atomic E-state index is 14.1. The summed E-state index contributed by atoms with van der Waals surface area (Å²) in [5, 5.41) is 19.4. The van der Waals surface area contributed by atoms with Crippen molar-refractivity contribution in [2.45, 2.75) is 163 Å². The molecule has 15 heteroatoms. The highest BCUT2D eigenvalue weighted by atomic mass is 16.3. The Morgan fingerprint density at radius 3 is 1.59 bits per heavy atom. The summed E-state index contributed by atoms with van der Waals surface area (Å²) < 4.78 is 0. The van der Waals surface area contributed by atoms with E-state index in [0.29, 0.717) is 19.3 Å². The Morgan fingerprint density at radius 1 is 0.593 bits per heavy atom. The van der Waals surface area contributed by atoms with Crippen LogP contribution in [0, 0.1) is 17.8 Å². The van der Waals surface area contributed by atoms with E-state index >= 15 is 0 Å². The van der Waals surface area contributed by atoms with Crippen molar-refractivity contribution in [2.75, 3.05) is 28.2 Å². The predicted molar refractivity (Wildman–Crippen MR) is 208 cm³/mol. The highest BCUT2D eigenvalue weighted by molar-refractivity contribution is 5.98. The van der Waals surface area contributed by atoms with E-state index in [1.165, 1.54) is 56.7 Å². The van der Waals surface area contributed by atoms with Gasteiger partial charge in [-0.3, -0.25) is 33.6 Å². The van der Waals surface area contributed by atoms with Gasteiger partial charge in [-0.25, -0.2) is 0 Å². The third-order valence-electron chi connectivity index (χ3n) is 11.0. The van der Waals surface area contributed by atoms with E-state index in [1.54, 1.807) is 27.7 Å². The van der Waals surface area contributed by atoms with Gasteiger partial charge in [0, 0.05) is 28.2 Å². The number of hydrogen-bond donors (Lipinski definition) is 4. The molecule has 0 aromatic heterocycles. The molecule has 1 fully saturated rings. The van der Waals surface area contributed by atoms with Gasteiger partial charge in [0.2, 0.25) is 41.4 Å². The highest BCUT2D eigenvalue weighted by Crippen LogP contribution is 2.19. The summed E-state index contributed by atoms with van der Waals surface area (Å²) in [5.41, 5.74) is 0. The summed E-state index contributed by atoms with van der Waals surface area (Å²) in [7, 11) is 5.83. The lowest BCUT2D eigenvalue weighted by Crippen LogP contribution is -2.62. The van der Waals surface area contributed by atoms with Crippen molar-refractivity contribution in [1.29, 1.82) is 0 Å². The lowest BCUT2D eigenvalue weighted by Gasteiger charge is -2.36. The molecule has 310 valence electrons. The number of carbonyl (C=O) groups excluding carboxylic acids is 7. The fourth-order valence-corrected chi connectivity index (χ4v) is 6.40. The van der Waals surface area contributed by atoms with E-state index in [9.17, 15) is 38.7 Å². The zero-order chi connectivity index (χ0) is 41.8. The number of likely N-dealkylation sites (N-methyl/N-ethyl adjacent to an activating group) is 4. The molecule has 1 aliphatic heterocycles. The zero-order valence-corrected chi connectivity index (χ0v) is 35.4. The molecule has 1 heterocycles. The Kier molecular flexibility index (Phi) is 19.6. The molecule has 1 aliphatic rings. The van der Waals surface area contributed by atoms with Crippen LogP contribution in [-0.2, 0) is 33.6 Å². The predicted octanol–water partition coefficient (Wildman–Crippen LogP) is 1.90. The van der Waals surface area contributed by atoms with E-state index in [1.807, 2.05) is 20.8 Å². The fourth-order valence-electron chi connectivity index (χ4n) is 6.40. The van der Waals surface area contributed by atoms with E-state index in [0.717, 1.165) is 24.2 Å². The summed E-state index contributed by atoms with van der Waals surface area (Å²) in [6.07, 6.45) is 3.08. The number of nitrogens with zero attached hydrogens (tertiary/aromatic N) is 4. The monoisotopic (exact) mass is 766 g/mol. The molecule has 1 saturated heterocycles.